The number of hydrogen-bond donors (Lipinski definition) is 2. The SMILES string of the molecule is CC(C)(C)Nc1ncnc(Nc2ccccc2F)c1[N+](=O)[O-]. The monoisotopic (exact) mass is 305 g/mol. The van der Waals surface area contributed by atoms with Crippen molar-refractivity contribution in [1.29, 1.82) is 0 Å². The molecule has 2 aromatic rings. The molecule has 0 radical (unpaired) electrons. The molecule has 0 aliphatic carbocycles. The normalized spacial score (nSPS) is 11.1. The van der Waals surface area contributed by atoms with Gasteiger partial charge in [-0.15, -0.1) is 0 Å². The van der Waals surface area contributed by atoms with E-state index in [4.69, 9.17) is 0 Å². The van der Waals surface area contributed by atoms with Gasteiger partial charge in [-0.1, -0.05) is 12.1 Å². The molecule has 0 aliphatic heterocycles. The van der Waals surface area contributed by atoms with Crippen LogP contribution in [-0.2, 0) is 0 Å². The maximum absolute atomic E-state index is 13.7. The lowest BCUT2D eigenvalue weighted by Gasteiger charge is -2.21. The Morgan fingerprint density at radius 3 is 2.41 bits per heavy atom. The van der Waals surface area contributed by atoms with E-state index in [1.807, 2.05) is 20.8 Å². The summed E-state index contributed by atoms with van der Waals surface area (Å²) in [5.74, 6) is -0.524. The summed E-state index contributed by atoms with van der Waals surface area (Å²) in [6.45, 7) is 5.55. The van der Waals surface area contributed by atoms with E-state index in [1.165, 1.54) is 24.5 Å². The van der Waals surface area contributed by atoms with Crippen LogP contribution in [0.25, 0.3) is 0 Å². The van der Waals surface area contributed by atoms with E-state index in [-0.39, 0.29) is 23.0 Å². The van der Waals surface area contributed by atoms with Gasteiger partial charge in [-0.2, -0.15) is 0 Å². The molecular formula is C14H16FN5O2. The lowest BCUT2D eigenvalue weighted by Crippen LogP contribution is -2.27. The van der Waals surface area contributed by atoms with Crippen LogP contribution < -0.4 is 10.6 Å². The smallest absolute Gasteiger partial charge is 0.353 e. The van der Waals surface area contributed by atoms with Gasteiger partial charge in [0.25, 0.3) is 0 Å². The number of nitrogens with one attached hydrogen (secondary N) is 2. The summed E-state index contributed by atoms with van der Waals surface area (Å²) in [5.41, 5.74) is -0.652. The number of benzene rings is 1. The zero-order valence-corrected chi connectivity index (χ0v) is 12.4. The van der Waals surface area contributed by atoms with Gasteiger partial charge < -0.3 is 10.6 Å². The summed E-state index contributed by atoms with van der Waals surface area (Å²) < 4.78 is 13.7. The third kappa shape index (κ3) is 3.66. The summed E-state index contributed by atoms with van der Waals surface area (Å²) in [4.78, 5) is 18.5. The van der Waals surface area contributed by atoms with Crippen LogP contribution in [0.15, 0.2) is 30.6 Å². The average Bonchev–Trinajstić information content (AvgIpc) is 2.39. The molecule has 2 N–H and O–H groups in total. The molecule has 1 aromatic heterocycles. The van der Waals surface area contributed by atoms with Gasteiger partial charge in [-0.3, -0.25) is 10.1 Å². The summed E-state index contributed by atoms with van der Waals surface area (Å²) in [6.07, 6.45) is 1.18. The number of aromatic nitrogens is 2. The fraction of sp³-hybridized carbons (Fsp3) is 0.286. The molecule has 0 fully saturated rings. The average molecular weight is 305 g/mol. The van der Waals surface area contributed by atoms with Crippen molar-refractivity contribution in [3.63, 3.8) is 0 Å². The van der Waals surface area contributed by atoms with Crippen LogP contribution >= 0.6 is 0 Å². The highest BCUT2D eigenvalue weighted by Gasteiger charge is 2.26. The molecule has 0 aliphatic rings. The minimum atomic E-state index is -0.600. The molecule has 0 saturated heterocycles. The third-order valence-electron chi connectivity index (χ3n) is 2.63. The van der Waals surface area contributed by atoms with E-state index in [0.717, 1.165) is 0 Å². The highest BCUT2D eigenvalue weighted by Crippen LogP contribution is 2.33. The lowest BCUT2D eigenvalue weighted by molar-refractivity contribution is -0.383. The maximum Gasteiger partial charge on any atom is 0.353 e. The van der Waals surface area contributed by atoms with Crippen molar-refractivity contribution in [2.24, 2.45) is 0 Å². The molecule has 2 rings (SSSR count). The Labute approximate surface area is 126 Å². The highest BCUT2D eigenvalue weighted by molar-refractivity contribution is 5.74. The van der Waals surface area contributed by atoms with Crippen molar-refractivity contribution in [1.82, 2.24) is 9.97 Å². The van der Waals surface area contributed by atoms with Crippen molar-refractivity contribution in [3.8, 4) is 0 Å². The number of nitrogens with zero attached hydrogens (tertiary/aromatic N) is 3. The molecule has 0 saturated carbocycles. The Morgan fingerprint density at radius 2 is 1.82 bits per heavy atom. The quantitative estimate of drug-likeness (QED) is 0.663. The van der Waals surface area contributed by atoms with Crippen LogP contribution in [-0.4, -0.2) is 20.4 Å². The number of halogens is 1. The van der Waals surface area contributed by atoms with Crippen LogP contribution in [0.4, 0.5) is 27.4 Å². The van der Waals surface area contributed by atoms with E-state index < -0.39 is 16.3 Å². The molecule has 22 heavy (non-hydrogen) atoms. The van der Waals surface area contributed by atoms with Crippen molar-refractivity contribution in [3.05, 3.63) is 46.5 Å². The van der Waals surface area contributed by atoms with E-state index >= 15 is 0 Å². The third-order valence-corrected chi connectivity index (χ3v) is 2.63. The molecule has 7 nitrogen and oxygen atoms in total. The second-order valence-electron chi connectivity index (χ2n) is 5.66. The van der Waals surface area contributed by atoms with Crippen LogP contribution in [0.2, 0.25) is 0 Å². The Balaban J connectivity index is 2.45. The standard InChI is InChI=1S/C14H16FN5O2/c1-14(2,3)19-13-11(20(21)22)12(16-8-17-13)18-10-7-5-4-6-9(10)15/h4-8H,1-3H3,(H2,16,17,18,19). The first-order chi connectivity index (χ1) is 10.3. The molecule has 1 heterocycles. The molecule has 1 aromatic carbocycles. The summed E-state index contributed by atoms with van der Waals surface area (Å²) in [6, 6.07) is 5.87. The summed E-state index contributed by atoms with van der Waals surface area (Å²) >= 11 is 0. The Hall–Kier alpha value is -2.77. The summed E-state index contributed by atoms with van der Waals surface area (Å²) in [5, 5.41) is 16.9. The minimum Gasteiger partial charge on any atom is -0.360 e. The van der Waals surface area contributed by atoms with Crippen molar-refractivity contribution >= 4 is 23.0 Å². The molecule has 0 spiro atoms. The number of anilines is 3. The predicted octanol–water partition coefficient (Wildman–Crippen LogP) is 3.48. The van der Waals surface area contributed by atoms with Gasteiger partial charge in [0.2, 0.25) is 11.6 Å². The van der Waals surface area contributed by atoms with Crippen LogP contribution in [0.5, 0.6) is 0 Å². The van der Waals surface area contributed by atoms with Crippen LogP contribution in [0, 0.1) is 15.9 Å². The van der Waals surface area contributed by atoms with Crippen molar-refractivity contribution < 1.29 is 9.31 Å². The van der Waals surface area contributed by atoms with Gasteiger partial charge >= 0.3 is 5.69 Å². The van der Waals surface area contributed by atoms with Gasteiger partial charge in [0.05, 0.1) is 10.6 Å². The largest absolute Gasteiger partial charge is 0.360 e. The Kier molecular flexibility index (Phi) is 4.20. The molecule has 0 bridgehead atoms. The van der Waals surface area contributed by atoms with Gasteiger partial charge in [-0.05, 0) is 32.9 Å². The first kappa shape index (κ1) is 15.6. The fourth-order valence-corrected chi connectivity index (χ4v) is 1.78. The minimum absolute atomic E-state index is 0.0724. The zero-order valence-electron chi connectivity index (χ0n) is 12.4. The lowest BCUT2D eigenvalue weighted by atomic mass is 10.1. The molecule has 116 valence electrons. The number of hydrogen-bond acceptors (Lipinski definition) is 6. The zero-order chi connectivity index (χ0) is 16.3. The summed E-state index contributed by atoms with van der Waals surface area (Å²) in [7, 11) is 0. The van der Waals surface area contributed by atoms with E-state index in [2.05, 4.69) is 20.6 Å². The van der Waals surface area contributed by atoms with Gasteiger partial charge in [0, 0.05) is 5.54 Å². The van der Waals surface area contributed by atoms with Crippen LogP contribution in [0.1, 0.15) is 20.8 Å². The highest BCUT2D eigenvalue weighted by atomic mass is 19.1. The number of rotatable bonds is 4. The Morgan fingerprint density at radius 1 is 1.18 bits per heavy atom. The number of nitro groups is 1. The number of para-hydroxylation sites is 1. The Bertz CT molecular complexity index is 700. The first-order valence-electron chi connectivity index (χ1n) is 6.57. The maximum atomic E-state index is 13.7. The fourth-order valence-electron chi connectivity index (χ4n) is 1.78. The van der Waals surface area contributed by atoms with E-state index in [9.17, 15) is 14.5 Å². The van der Waals surface area contributed by atoms with E-state index in [0.29, 0.717) is 0 Å². The van der Waals surface area contributed by atoms with Gasteiger partial charge in [-0.25, -0.2) is 14.4 Å². The van der Waals surface area contributed by atoms with Crippen molar-refractivity contribution in [2.75, 3.05) is 10.6 Å². The van der Waals surface area contributed by atoms with Gasteiger partial charge in [0.15, 0.2) is 0 Å². The van der Waals surface area contributed by atoms with Crippen molar-refractivity contribution in [2.45, 2.75) is 26.3 Å². The second kappa shape index (κ2) is 5.92. The molecular weight excluding hydrogens is 289 g/mol. The molecule has 0 amide bonds. The van der Waals surface area contributed by atoms with Gasteiger partial charge in [0.1, 0.15) is 12.1 Å². The molecule has 8 heteroatoms. The van der Waals surface area contributed by atoms with E-state index in [1.54, 1.807) is 6.07 Å². The second-order valence-corrected chi connectivity index (χ2v) is 5.66. The topological polar surface area (TPSA) is 93.0 Å². The molecule has 0 unspecified atom stereocenters. The first-order valence-corrected chi connectivity index (χ1v) is 6.57. The molecule has 0 atom stereocenters. The predicted molar refractivity (Wildman–Crippen MR) is 81.7 cm³/mol. The van der Waals surface area contributed by atoms with Crippen LogP contribution in [0.3, 0.4) is 0 Å².